The molecule has 0 radical (unpaired) electrons. The predicted molar refractivity (Wildman–Crippen MR) is 69.3 cm³/mol. The summed E-state index contributed by atoms with van der Waals surface area (Å²) in [7, 11) is 0. The van der Waals surface area contributed by atoms with Gasteiger partial charge in [-0.05, 0) is 36.8 Å². The molecule has 18 heavy (non-hydrogen) atoms. The first-order valence-corrected chi connectivity index (χ1v) is 6.69. The number of carbonyl (C=O) groups excluding carboxylic acids is 1. The van der Waals surface area contributed by atoms with Gasteiger partial charge in [0.1, 0.15) is 5.69 Å². The number of nitrogens with zero attached hydrogens (tertiary/aromatic N) is 2. The van der Waals surface area contributed by atoms with E-state index >= 15 is 0 Å². The van der Waals surface area contributed by atoms with Crippen molar-refractivity contribution in [2.45, 2.75) is 18.9 Å². The Morgan fingerprint density at radius 3 is 2.89 bits per heavy atom. The molecule has 2 aliphatic rings. The SMILES string of the molecule is NC1CCC2CN(C(=O)c3ccc(Cl)cn3)CC12. The van der Waals surface area contributed by atoms with Crippen LogP contribution in [0.15, 0.2) is 18.3 Å². The summed E-state index contributed by atoms with van der Waals surface area (Å²) in [4.78, 5) is 18.2. The molecule has 1 saturated heterocycles. The lowest BCUT2D eigenvalue weighted by Crippen LogP contribution is -2.33. The molecule has 0 aromatic carbocycles. The van der Waals surface area contributed by atoms with E-state index in [1.165, 1.54) is 6.20 Å². The van der Waals surface area contributed by atoms with Gasteiger partial charge in [0.05, 0.1) is 5.02 Å². The molecule has 1 aliphatic heterocycles. The van der Waals surface area contributed by atoms with Gasteiger partial charge in [0.15, 0.2) is 0 Å². The zero-order chi connectivity index (χ0) is 12.7. The molecule has 0 bridgehead atoms. The lowest BCUT2D eigenvalue weighted by molar-refractivity contribution is 0.0774. The van der Waals surface area contributed by atoms with Gasteiger partial charge in [-0.3, -0.25) is 4.79 Å². The van der Waals surface area contributed by atoms with Crippen molar-refractivity contribution in [3.8, 4) is 0 Å². The Bertz CT molecular complexity index is 462. The fourth-order valence-electron chi connectivity index (χ4n) is 3.14. The molecule has 3 rings (SSSR count). The van der Waals surface area contributed by atoms with Crippen LogP contribution >= 0.6 is 11.6 Å². The van der Waals surface area contributed by atoms with Crippen molar-refractivity contribution >= 4 is 17.5 Å². The maximum absolute atomic E-state index is 12.3. The number of aromatic nitrogens is 1. The summed E-state index contributed by atoms with van der Waals surface area (Å²) in [6.07, 6.45) is 3.75. The Balaban J connectivity index is 1.73. The summed E-state index contributed by atoms with van der Waals surface area (Å²) in [5, 5.41) is 0.548. The first-order valence-electron chi connectivity index (χ1n) is 6.31. The van der Waals surface area contributed by atoms with Gasteiger partial charge in [0.25, 0.3) is 5.91 Å². The largest absolute Gasteiger partial charge is 0.337 e. The van der Waals surface area contributed by atoms with Crippen LogP contribution in [0.5, 0.6) is 0 Å². The second-order valence-electron chi connectivity index (χ2n) is 5.24. The third-order valence-electron chi connectivity index (χ3n) is 4.15. The van der Waals surface area contributed by atoms with Crippen LogP contribution in [0.3, 0.4) is 0 Å². The van der Waals surface area contributed by atoms with Gasteiger partial charge in [-0.15, -0.1) is 0 Å². The minimum atomic E-state index is -0.00623. The molecule has 2 N–H and O–H groups in total. The van der Waals surface area contributed by atoms with Crippen LogP contribution in [0.1, 0.15) is 23.3 Å². The number of carbonyl (C=O) groups is 1. The van der Waals surface area contributed by atoms with Crippen LogP contribution in [0.2, 0.25) is 5.02 Å². The normalized spacial score (nSPS) is 30.6. The molecule has 3 atom stereocenters. The van der Waals surface area contributed by atoms with Crippen LogP contribution in [-0.2, 0) is 0 Å². The van der Waals surface area contributed by atoms with Gasteiger partial charge in [0, 0.05) is 25.3 Å². The van der Waals surface area contributed by atoms with Gasteiger partial charge in [-0.1, -0.05) is 11.6 Å². The predicted octanol–water partition coefficient (Wildman–Crippen LogP) is 1.54. The van der Waals surface area contributed by atoms with E-state index in [1.807, 2.05) is 4.90 Å². The average molecular weight is 266 g/mol. The molecule has 5 heteroatoms. The zero-order valence-corrected chi connectivity index (χ0v) is 10.8. The lowest BCUT2D eigenvalue weighted by atomic mass is 9.98. The third kappa shape index (κ3) is 1.99. The van der Waals surface area contributed by atoms with Crippen molar-refractivity contribution in [3.05, 3.63) is 29.0 Å². The maximum Gasteiger partial charge on any atom is 0.272 e. The van der Waals surface area contributed by atoms with Gasteiger partial charge in [-0.25, -0.2) is 4.98 Å². The van der Waals surface area contributed by atoms with Crippen LogP contribution in [-0.4, -0.2) is 34.9 Å². The second-order valence-corrected chi connectivity index (χ2v) is 5.67. The number of amides is 1. The lowest BCUT2D eigenvalue weighted by Gasteiger charge is -2.18. The molecule has 1 saturated carbocycles. The average Bonchev–Trinajstić information content (AvgIpc) is 2.92. The fraction of sp³-hybridized carbons (Fsp3) is 0.538. The Morgan fingerprint density at radius 2 is 2.22 bits per heavy atom. The van der Waals surface area contributed by atoms with Gasteiger partial charge >= 0.3 is 0 Å². The number of nitrogens with two attached hydrogens (primary N) is 1. The minimum absolute atomic E-state index is 0.00623. The molecule has 1 aromatic rings. The molecular weight excluding hydrogens is 250 g/mol. The molecule has 1 aliphatic carbocycles. The highest BCUT2D eigenvalue weighted by Gasteiger charge is 2.42. The molecule has 4 nitrogen and oxygen atoms in total. The second kappa shape index (κ2) is 4.52. The Hall–Kier alpha value is -1.13. The van der Waals surface area contributed by atoms with Crippen molar-refractivity contribution in [3.63, 3.8) is 0 Å². The third-order valence-corrected chi connectivity index (χ3v) is 4.37. The monoisotopic (exact) mass is 265 g/mol. The van der Waals surface area contributed by atoms with Crippen LogP contribution in [0.25, 0.3) is 0 Å². The number of pyridine rings is 1. The van der Waals surface area contributed by atoms with E-state index < -0.39 is 0 Å². The summed E-state index contributed by atoms with van der Waals surface area (Å²) in [5.74, 6) is 1.05. The highest BCUT2D eigenvalue weighted by Crippen LogP contribution is 2.37. The van der Waals surface area contributed by atoms with Gasteiger partial charge in [-0.2, -0.15) is 0 Å². The maximum atomic E-state index is 12.3. The van der Waals surface area contributed by atoms with Crippen molar-refractivity contribution < 1.29 is 4.79 Å². The molecule has 2 heterocycles. The van der Waals surface area contributed by atoms with E-state index in [0.717, 1.165) is 25.9 Å². The molecular formula is C13H16ClN3O. The van der Waals surface area contributed by atoms with Crippen LogP contribution in [0.4, 0.5) is 0 Å². The Morgan fingerprint density at radius 1 is 1.39 bits per heavy atom. The number of halogens is 1. The molecule has 1 amide bonds. The highest BCUT2D eigenvalue weighted by molar-refractivity contribution is 6.30. The van der Waals surface area contributed by atoms with Crippen molar-refractivity contribution in [2.75, 3.05) is 13.1 Å². The number of hydrogen-bond acceptors (Lipinski definition) is 3. The van der Waals surface area contributed by atoms with E-state index in [2.05, 4.69) is 4.98 Å². The zero-order valence-electron chi connectivity index (χ0n) is 10.1. The van der Waals surface area contributed by atoms with E-state index in [4.69, 9.17) is 17.3 Å². The minimum Gasteiger partial charge on any atom is -0.337 e. The van der Waals surface area contributed by atoms with Crippen molar-refractivity contribution in [1.82, 2.24) is 9.88 Å². The standard InChI is InChI=1S/C13H16ClN3O/c14-9-2-4-12(16-5-9)13(18)17-6-8-1-3-11(15)10(8)7-17/h2,4-5,8,10-11H,1,3,6-7,15H2. The Labute approximate surface area is 111 Å². The smallest absolute Gasteiger partial charge is 0.272 e. The summed E-state index contributed by atoms with van der Waals surface area (Å²) in [6.45, 7) is 1.59. The van der Waals surface area contributed by atoms with Crippen LogP contribution < -0.4 is 5.73 Å². The topological polar surface area (TPSA) is 59.2 Å². The Kier molecular flexibility index (Phi) is 2.99. The van der Waals surface area contributed by atoms with Gasteiger partial charge < -0.3 is 10.6 Å². The van der Waals surface area contributed by atoms with Crippen molar-refractivity contribution in [1.29, 1.82) is 0 Å². The summed E-state index contributed by atoms with van der Waals surface area (Å²) < 4.78 is 0. The number of rotatable bonds is 1. The van der Waals surface area contributed by atoms with Crippen molar-refractivity contribution in [2.24, 2.45) is 17.6 Å². The number of likely N-dealkylation sites (tertiary alicyclic amines) is 1. The fourth-order valence-corrected chi connectivity index (χ4v) is 3.25. The molecule has 2 fully saturated rings. The first kappa shape index (κ1) is 11.9. The van der Waals surface area contributed by atoms with E-state index in [1.54, 1.807) is 12.1 Å². The number of hydrogen-bond donors (Lipinski definition) is 1. The molecule has 1 aromatic heterocycles. The summed E-state index contributed by atoms with van der Waals surface area (Å²) in [6, 6.07) is 3.63. The van der Waals surface area contributed by atoms with Gasteiger partial charge in [0.2, 0.25) is 0 Å². The summed E-state index contributed by atoms with van der Waals surface area (Å²) >= 11 is 5.77. The molecule has 96 valence electrons. The quantitative estimate of drug-likeness (QED) is 0.838. The summed E-state index contributed by atoms with van der Waals surface area (Å²) in [5.41, 5.74) is 6.54. The first-order chi connectivity index (χ1) is 8.65. The van der Waals surface area contributed by atoms with E-state index in [9.17, 15) is 4.79 Å². The van der Waals surface area contributed by atoms with E-state index in [0.29, 0.717) is 22.6 Å². The van der Waals surface area contributed by atoms with E-state index in [-0.39, 0.29) is 11.9 Å². The highest BCUT2D eigenvalue weighted by atomic mass is 35.5. The number of fused-ring (bicyclic) bond motifs is 1. The molecule has 0 spiro atoms. The van der Waals surface area contributed by atoms with Crippen LogP contribution in [0, 0.1) is 11.8 Å². The molecule has 3 unspecified atom stereocenters.